The lowest BCUT2D eigenvalue weighted by molar-refractivity contribution is -0.133. The molecule has 1 aromatic carbocycles. The lowest BCUT2D eigenvalue weighted by Crippen LogP contribution is -2.51. The van der Waals surface area contributed by atoms with Crippen LogP contribution in [0.15, 0.2) is 42.9 Å². The lowest BCUT2D eigenvalue weighted by Gasteiger charge is -2.40. The molecule has 1 saturated heterocycles. The quantitative estimate of drug-likeness (QED) is 0.567. The number of amides is 1. The van der Waals surface area contributed by atoms with E-state index in [-0.39, 0.29) is 24.4 Å². The van der Waals surface area contributed by atoms with Gasteiger partial charge in [0, 0.05) is 49.5 Å². The molecule has 9 nitrogen and oxygen atoms in total. The largest absolute Gasteiger partial charge is 0.351 e. The van der Waals surface area contributed by atoms with Gasteiger partial charge in [0.1, 0.15) is 18.6 Å². The van der Waals surface area contributed by atoms with Crippen molar-refractivity contribution in [2.24, 2.45) is 0 Å². The van der Waals surface area contributed by atoms with E-state index in [1.807, 2.05) is 34.1 Å². The smallest absolute Gasteiger partial charge is 0.231 e. The summed E-state index contributed by atoms with van der Waals surface area (Å²) in [5.74, 6) is 1.25. The van der Waals surface area contributed by atoms with Crippen molar-refractivity contribution in [1.29, 1.82) is 5.26 Å². The first-order chi connectivity index (χ1) is 16.9. The number of anilines is 3. The third-order valence-corrected chi connectivity index (χ3v) is 6.50. The highest BCUT2D eigenvalue weighted by atomic mass is 35.5. The second-order valence-electron chi connectivity index (χ2n) is 9.12. The fraction of sp³-hybridized carbons (Fsp3) is 0.440. The Balaban J connectivity index is 1.50. The number of nitriles is 1. The number of rotatable bonds is 7. The molecular weight excluding hydrogens is 464 g/mol. The summed E-state index contributed by atoms with van der Waals surface area (Å²) in [5, 5.41) is 16.6. The van der Waals surface area contributed by atoms with E-state index in [9.17, 15) is 10.1 Å². The molecule has 35 heavy (non-hydrogen) atoms. The first-order valence-corrected chi connectivity index (χ1v) is 12.2. The molecule has 1 fully saturated rings. The number of hydrogen-bond acceptors (Lipinski definition) is 8. The van der Waals surface area contributed by atoms with E-state index in [1.54, 1.807) is 0 Å². The van der Waals surface area contributed by atoms with Crippen LogP contribution in [-0.4, -0.2) is 72.6 Å². The Morgan fingerprint density at radius 1 is 1.23 bits per heavy atom. The number of aromatic nitrogens is 2. The average Bonchev–Trinajstić information content (AvgIpc) is 2.84. The zero-order chi connectivity index (χ0) is 24.9. The third-order valence-electron chi connectivity index (χ3n) is 6.25. The SMILES string of the molecule is C=C1CN(CC#N)c2c(ncnc2N2CCN(C(=O)[C@H](CNC(C)C)c3ccc(Cl)cc3)CC2)N1. The summed E-state index contributed by atoms with van der Waals surface area (Å²) in [6, 6.07) is 10.0. The predicted octanol–water partition coefficient (Wildman–Crippen LogP) is 2.83. The van der Waals surface area contributed by atoms with E-state index in [2.05, 4.69) is 52.0 Å². The Hall–Kier alpha value is -3.35. The molecule has 0 saturated carbocycles. The number of benzene rings is 1. The number of hydrogen-bond donors (Lipinski definition) is 2. The van der Waals surface area contributed by atoms with Gasteiger partial charge in [0.2, 0.25) is 5.91 Å². The van der Waals surface area contributed by atoms with Crippen molar-refractivity contribution in [3.05, 3.63) is 53.5 Å². The molecule has 0 bridgehead atoms. The van der Waals surface area contributed by atoms with Gasteiger partial charge in [-0.05, 0) is 17.7 Å². The van der Waals surface area contributed by atoms with Gasteiger partial charge in [0.15, 0.2) is 11.6 Å². The van der Waals surface area contributed by atoms with Gasteiger partial charge in [0.25, 0.3) is 0 Å². The van der Waals surface area contributed by atoms with Gasteiger partial charge in [-0.1, -0.05) is 44.2 Å². The number of fused-ring (bicyclic) bond motifs is 1. The number of nitrogens with zero attached hydrogens (tertiary/aromatic N) is 6. The molecule has 1 amide bonds. The van der Waals surface area contributed by atoms with Gasteiger partial charge in [-0.15, -0.1) is 0 Å². The molecule has 0 spiro atoms. The molecule has 3 heterocycles. The van der Waals surface area contributed by atoms with Crippen LogP contribution < -0.4 is 20.4 Å². The molecule has 0 unspecified atom stereocenters. The first-order valence-electron chi connectivity index (χ1n) is 11.8. The summed E-state index contributed by atoms with van der Waals surface area (Å²) >= 11 is 6.08. The summed E-state index contributed by atoms with van der Waals surface area (Å²) in [6.07, 6.45) is 1.52. The van der Waals surface area contributed by atoms with Gasteiger partial charge >= 0.3 is 0 Å². The number of piperazine rings is 1. The van der Waals surface area contributed by atoms with Crippen LogP contribution in [0, 0.1) is 11.3 Å². The summed E-state index contributed by atoms with van der Waals surface area (Å²) < 4.78 is 0. The van der Waals surface area contributed by atoms with Gasteiger partial charge in [-0.3, -0.25) is 4.79 Å². The van der Waals surface area contributed by atoms with Crippen molar-refractivity contribution in [3.63, 3.8) is 0 Å². The second-order valence-corrected chi connectivity index (χ2v) is 9.55. The monoisotopic (exact) mass is 494 g/mol. The minimum absolute atomic E-state index is 0.105. The molecular formula is C25H31ClN8O. The highest BCUT2D eigenvalue weighted by Crippen LogP contribution is 2.37. The molecule has 2 aromatic rings. The predicted molar refractivity (Wildman–Crippen MR) is 139 cm³/mol. The van der Waals surface area contributed by atoms with Gasteiger partial charge in [-0.2, -0.15) is 5.26 Å². The maximum absolute atomic E-state index is 13.6. The highest BCUT2D eigenvalue weighted by molar-refractivity contribution is 6.30. The van der Waals surface area contributed by atoms with Gasteiger partial charge < -0.3 is 25.3 Å². The minimum Gasteiger partial charge on any atom is -0.351 e. The van der Waals surface area contributed by atoms with E-state index in [0.717, 1.165) is 22.8 Å². The Kier molecular flexibility index (Phi) is 7.73. The summed E-state index contributed by atoms with van der Waals surface area (Å²) in [5.41, 5.74) is 2.55. The van der Waals surface area contributed by atoms with Crippen molar-refractivity contribution in [1.82, 2.24) is 20.2 Å². The van der Waals surface area contributed by atoms with Gasteiger partial charge in [0.05, 0.1) is 18.5 Å². The zero-order valence-electron chi connectivity index (χ0n) is 20.2. The fourth-order valence-corrected chi connectivity index (χ4v) is 4.60. The number of carbonyl (C=O) groups excluding carboxylic acids is 1. The Bertz CT molecular complexity index is 1110. The van der Waals surface area contributed by atoms with Crippen LogP contribution in [0.5, 0.6) is 0 Å². The number of carbonyl (C=O) groups is 1. The summed E-state index contributed by atoms with van der Waals surface area (Å²) in [4.78, 5) is 28.5. The van der Waals surface area contributed by atoms with E-state index in [4.69, 9.17) is 11.6 Å². The molecule has 1 aromatic heterocycles. The van der Waals surface area contributed by atoms with Crippen molar-refractivity contribution in [2.75, 3.05) is 60.9 Å². The van der Waals surface area contributed by atoms with Crippen molar-refractivity contribution in [3.8, 4) is 6.07 Å². The number of halogens is 1. The molecule has 184 valence electrons. The topological polar surface area (TPSA) is 100 Å². The summed E-state index contributed by atoms with van der Waals surface area (Å²) in [7, 11) is 0. The van der Waals surface area contributed by atoms with Crippen molar-refractivity contribution >= 4 is 34.8 Å². The fourth-order valence-electron chi connectivity index (χ4n) is 4.48. The van der Waals surface area contributed by atoms with Gasteiger partial charge in [-0.25, -0.2) is 9.97 Å². The minimum atomic E-state index is -0.283. The first kappa shape index (κ1) is 24.8. The standard InChI is InChI=1S/C25H31ClN8O/c1-17(2)28-14-21(19-4-6-20(26)7-5-19)25(35)33-12-10-32(11-13-33)24-22-23(29-16-30-24)31-18(3)15-34(22)9-8-27/h4-7,16-17,21,28H,3,9-15H2,1-2H3,(H,29,30,31)/t21-/m1/s1. The Morgan fingerprint density at radius 2 is 1.94 bits per heavy atom. The molecule has 2 aliphatic heterocycles. The molecule has 2 aliphatic rings. The summed E-state index contributed by atoms with van der Waals surface area (Å²) in [6.45, 7) is 11.9. The Labute approximate surface area is 211 Å². The van der Waals surface area contributed by atoms with Crippen molar-refractivity contribution in [2.45, 2.75) is 25.8 Å². The van der Waals surface area contributed by atoms with E-state index in [1.165, 1.54) is 6.33 Å². The maximum atomic E-state index is 13.6. The Morgan fingerprint density at radius 3 is 2.60 bits per heavy atom. The van der Waals surface area contributed by atoms with Crippen LogP contribution in [-0.2, 0) is 4.79 Å². The van der Waals surface area contributed by atoms with E-state index in [0.29, 0.717) is 50.1 Å². The van der Waals surface area contributed by atoms with Crippen LogP contribution in [0.2, 0.25) is 5.02 Å². The third kappa shape index (κ3) is 5.66. The molecule has 0 radical (unpaired) electrons. The average molecular weight is 495 g/mol. The van der Waals surface area contributed by atoms with Crippen LogP contribution in [0.25, 0.3) is 0 Å². The zero-order valence-corrected chi connectivity index (χ0v) is 20.9. The van der Waals surface area contributed by atoms with Crippen LogP contribution in [0.3, 0.4) is 0 Å². The normalized spacial score (nSPS) is 16.5. The second kappa shape index (κ2) is 10.9. The van der Waals surface area contributed by atoms with Crippen LogP contribution >= 0.6 is 11.6 Å². The van der Waals surface area contributed by atoms with Crippen molar-refractivity contribution < 1.29 is 4.79 Å². The number of nitrogens with one attached hydrogen (secondary N) is 2. The molecule has 0 aliphatic carbocycles. The maximum Gasteiger partial charge on any atom is 0.231 e. The molecule has 2 N–H and O–H groups in total. The van der Waals surface area contributed by atoms with E-state index >= 15 is 0 Å². The molecule has 4 rings (SSSR count). The molecule has 1 atom stereocenters. The highest BCUT2D eigenvalue weighted by Gasteiger charge is 2.32. The van der Waals surface area contributed by atoms with E-state index < -0.39 is 0 Å². The van der Waals surface area contributed by atoms with Crippen LogP contribution in [0.1, 0.15) is 25.3 Å². The lowest BCUT2D eigenvalue weighted by atomic mass is 9.96. The van der Waals surface area contributed by atoms with Crippen LogP contribution in [0.4, 0.5) is 17.3 Å². The molecule has 10 heteroatoms.